The lowest BCUT2D eigenvalue weighted by atomic mass is 9.85. The van der Waals surface area contributed by atoms with Crippen molar-refractivity contribution >= 4 is 29.2 Å². The van der Waals surface area contributed by atoms with Gasteiger partial charge in [-0.2, -0.15) is 0 Å². The summed E-state index contributed by atoms with van der Waals surface area (Å²) in [5.41, 5.74) is -0.335. The fourth-order valence-corrected chi connectivity index (χ4v) is 5.32. The first-order valence-electron chi connectivity index (χ1n) is 10.1. The van der Waals surface area contributed by atoms with Gasteiger partial charge in [0.15, 0.2) is 0 Å². The monoisotopic (exact) mass is 411 g/mol. The average Bonchev–Trinajstić information content (AvgIpc) is 3.46. The maximum Gasteiger partial charge on any atom is 0.325 e. The summed E-state index contributed by atoms with van der Waals surface area (Å²) in [5.74, 6) is -0.513. The van der Waals surface area contributed by atoms with Crippen molar-refractivity contribution in [2.24, 2.45) is 0 Å². The predicted molar refractivity (Wildman–Crippen MR) is 111 cm³/mol. The van der Waals surface area contributed by atoms with Gasteiger partial charge in [0, 0.05) is 11.4 Å². The number of hydrogen-bond donors (Lipinski definition) is 1. The molecule has 0 aliphatic carbocycles. The number of carbonyl (C=O) groups is 3. The molecule has 2 atom stereocenters. The minimum atomic E-state index is -1.09. The van der Waals surface area contributed by atoms with Crippen LogP contribution < -0.4 is 5.32 Å². The molecule has 7 heteroatoms. The molecule has 0 radical (unpaired) electrons. The predicted octanol–water partition coefficient (Wildman–Crippen LogP) is 3.66. The van der Waals surface area contributed by atoms with Crippen LogP contribution in [0.3, 0.4) is 0 Å². The van der Waals surface area contributed by atoms with Crippen molar-refractivity contribution in [3.05, 3.63) is 58.3 Å². The van der Waals surface area contributed by atoms with Crippen molar-refractivity contribution in [2.45, 2.75) is 44.2 Å². The highest BCUT2D eigenvalue weighted by atomic mass is 32.1. The summed E-state index contributed by atoms with van der Waals surface area (Å²) in [4.78, 5) is 43.2. The third-order valence-corrected chi connectivity index (χ3v) is 6.78. The molecule has 2 aromatic rings. The van der Waals surface area contributed by atoms with E-state index in [1.807, 2.05) is 59.7 Å². The lowest BCUT2D eigenvalue weighted by Gasteiger charge is -2.28. The highest BCUT2D eigenvalue weighted by molar-refractivity contribution is 7.10. The zero-order chi connectivity index (χ0) is 20.4. The van der Waals surface area contributed by atoms with Crippen LogP contribution in [0.15, 0.2) is 47.8 Å². The van der Waals surface area contributed by atoms with Crippen molar-refractivity contribution in [2.75, 3.05) is 13.1 Å². The number of hydrogen-bond acceptors (Lipinski definition) is 4. The van der Waals surface area contributed by atoms with Gasteiger partial charge in [0.2, 0.25) is 5.91 Å². The van der Waals surface area contributed by atoms with Gasteiger partial charge in [0.1, 0.15) is 12.1 Å². The van der Waals surface area contributed by atoms with Crippen molar-refractivity contribution in [1.29, 1.82) is 0 Å². The number of amides is 4. The summed E-state index contributed by atoms with van der Waals surface area (Å²) < 4.78 is 0. The topological polar surface area (TPSA) is 69.7 Å². The van der Waals surface area contributed by atoms with E-state index in [9.17, 15) is 14.4 Å². The van der Waals surface area contributed by atoms with Crippen LogP contribution in [-0.2, 0) is 15.1 Å². The molecule has 3 heterocycles. The molecule has 0 bridgehead atoms. The van der Waals surface area contributed by atoms with E-state index in [-0.39, 0.29) is 24.4 Å². The molecule has 2 fully saturated rings. The highest BCUT2D eigenvalue weighted by Gasteiger charge is 2.52. The number of carbonyl (C=O) groups excluding carboxylic acids is 3. The number of imide groups is 1. The molecular weight excluding hydrogens is 386 g/mol. The van der Waals surface area contributed by atoms with Gasteiger partial charge in [0.05, 0.1) is 6.04 Å². The molecule has 1 N–H and O–H groups in total. The van der Waals surface area contributed by atoms with Crippen molar-refractivity contribution < 1.29 is 14.4 Å². The van der Waals surface area contributed by atoms with Crippen LogP contribution in [0.5, 0.6) is 0 Å². The second-order valence-electron chi connectivity index (χ2n) is 7.60. The second-order valence-corrected chi connectivity index (χ2v) is 8.58. The van der Waals surface area contributed by atoms with Crippen molar-refractivity contribution in [3.63, 3.8) is 0 Å². The standard InChI is InChI=1S/C22H25N3O3S/c1-2-12-22(16-8-4-3-5-9-16)20(27)25(21(28)23-22)15-19(26)24-13-6-10-17(24)18-11-7-14-29-18/h3-5,7-9,11,14,17H,2,6,10,12-13,15H2,1H3,(H,23,28)/t17-,22+/m1/s1. The highest BCUT2D eigenvalue weighted by Crippen LogP contribution is 2.36. The van der Waals surface area contributed by atoms with Gasteiger partial charge in [-0.1, -0.05) is 49.7 Å². The van der Waals surface area contributed by atoms with Gasteiger partial charge in [-0.05, 0) is 36.3 Å². The van der Waals surface area contributed by atoms with Crippen LogP contribution in [0.25, 0.3) is 0 Å². The minimum Gasteiger partial charge on any atom is -0.333 e. The third-order valence-electron chi connectivity index (χ3n) is 5.81. The lowest BCUT2D eigenvalue weighted by molar-refractivity contribution is -0.139. The molecule has 1 aromatic heterocycles. The number of rotatable bonds is 6. The van der Waals surface area contributed by atoms with Crippen LogP contribution in [-0.4, -0.2) is 40.7 Å². The van der Waals surface area contributed by atoms with Crippen molar-refractivity contribution in [1.82, 2.24) is 15.1 Å². The summed E-state index contributed by atoms with van der Waals surface area (Å²) in [6.45, 7) is 2.42. The van der Waals surface area contributed by atoms with Gasteiger partial charge in [-0.15, -0.1) is 11.3 Å². The molecule has 2 saturated heterocycles. The molecule has 6 nitrogen and oxygen atoms in total. The normalized spacial score (nSPS) is 24.2. The minimum absolute atomic E-state index is 0.0396. The SMILES string of the molecule is CCC[C@@]1(c2ccccc2)NC(=O)N(CC(=O)N2CCC[C@@H]2c2cccs2)C1=O. The Hall–Kier alpha value is -2.67. The fourth-order valence-electron chi connectivity index (χ4n) is 4.44. The average molecular weight is 412 g/mol. The third kappa shape index (κ3) is 3.44. The second kappa shape index (κ2) is 7.99. The summed E-state index contributed by atoms with van der Waals surface area (Å²) in [7, 11) is 0. The number of likely N-dealkylation sites (tertiary alicyclic amines) is 1. The molecule has 29 heavy (non-hydrogen) atoms. The molecule has 0 saturated carbocycles. The first-order chi connectivity index (χ1) is 14.1. The van der Waals surface area contributed by atoms with Crippen LogP contribution >= 0.6 is 11.3 Å². The zero-order valence-electron chi connectivity index (χ0n) is 16.5. The number of nitrogens with zero attached hydrogens (tertiary/aromatic N) is 2. The van der Waals surface area contributed by atoms with Crippen LogP contribution in [0.4, 0.5) is 4.79 Å². The Kier molecular flexibility index (Phi) is 5.41. The smallest absolute Gasteiger partial charge is 0.325 e. The number of benzene rings is 1. The van der Waals surface area contributed by atoms with Crippen molar-refractivity contribution in [3.8, 4) is 0 Å². The molecule has 2 aliphatic rings. The maximum absolute atomic E-state index is 13.4. The van der Waals surface area contributed by atoms with E-state index in [2.05, 4.69) is 5.32 Å². The Morgan fingerprint density at radius 3 is 2.69 bits per heavy atom. The van der Waals surface area contributed by atoms with Crippen LogP contribution in [0, 0.1) is 0 Å². The van der Waals surface area contributed by atoms with Gasteiger partial charge < -0.3 is 10.2 Å². The Balaban J connectivity index is 1.55. The molecule has 152 valence electrons. The largest absolute Gasteiger partial charge is 0.333 e. The van der Waals surface area contributed by atoms with E-state index in [1.165, 1.54) is 0 Å². The van der Waals surface area contributed by atoms with E-state index in [0.717, 1.165) is 34.6 Å². The van der Waals surface area contributed by atoms with Gasteiger partial charge in [-0.25, -0.2) is 4.79 Å². The van der Waals surface area contributed by atoms with Gasteiger partial charge in [0.25, 0.3) is 5.91 Å². The summed E-state index contributed by atoms with van der Waals surface area (Å²) in [6.07, 6.45) is 3.07. The molecule has 1 aromatic carbocycles. The molecule has 4 rings (SSSR count). The van der Waals surface area contributed by atoms with E-state index in [1.54, 1.807) is 11.3 Å². The fraction of sp³-hybridized carbons (Fsp3) is 0.409. The van der Waals surface area contributed by atoms with Crippen LogP contribution in [0.1, 0.15) is 49.1 Å². The van der Waals surface area contributed by atoms with Crippen LogP contribution in [0.2, 0.25) is 0 Å². The molecule has 4 amide bonds. The van der Waals surface area contributed by atoms with E-state index in [0.29, 0.717) is 13.0 Å². The Morgan fingerprint density at radius 1 is 1.21 bits per heavy atom. The number of thiophene rings is 1. The number of nitrogens with one attached hydrogen (secondary N) is 1. The summed E-state index contributed by atoms with van der Waals surface area (Å²) in [5, 5.41) is 4.89. The molecule has 0 unspecified atom stereocenters. The quantitative estimate of drug-likeness (QED) is 0.738. The van der Waals surface area contributed by atoms with Gasteiger partial charge in [-0.3, -0.25) is 14.5 Å². The van der Waals surface area contributed by atoms with E-state index < -0.39 is 11.6 Å². The first kappa shape index (κ1) is 19.6. The Labute approximate surface area is 174 Å². The molecule has 2 aliphatic heterocycles. The van der Waals surface area contributed by atoms with Gasteiger partial charge >= 0.3 is 6.03 Å². The Morgan fingerprint density at radius 2 is 2.00 bits per heavy atom. The maximum atomic E-state index is 13.4. The summed E-state index contributed by atoms with van der Waals surface area (Å²) in [6, 6.07) is 12.9. The summed E-state index contributed by atoms with van der Waals surface area (Å²) >= 11 is 1.64. The number of urea groups is 1. The lowest BCUT2D eigenvalue weighted by Crippen LogP contribution is -2.45. The Bertz CT molecular complexity index is 899. The van der Waals surface area contributed by atoms with E-state index in [4.69, 9.17) is 0 Å². The van der Waals surface area contributed by atoms with E-state index >= 15 is 0 Å². The zero-order valence-corrected chi connectivity index (χ0v) is 17.3. The molecule has 0 spiro atoms. The first-order valence-corrected chi connectivity index (χ1v) is 11.0. The molecular formula is C22H25N3O3S.